The largest absolute Gasteiger partial charge is 0.392 e. The number of unbranched alkanes of at least 4 members (excludes halogenated alkanes) is 1. The standard InChI is InChI=1S/C27H41N/c1-8-12-15-21(5)27-20-25(23(11-4)17-16-22(6)28-7)18-19-26(27)24(13-9-2)14-10-3/h9,11,16-21,24,28H,2,4,8,10,12-15H2,1,3,5-7H3/b22-16+,23-17+. The van der Waals surface area contributed by atoms with Gasteiger partial charge in [0.15, 0.2) is 0 Å². The minimum absolute atomic E-state index is 0.568. The second-order valence-corrected chi connectivity index (χ2v) is 7.82. The van der Waals surface area contributed by atoms with Crippen molar-refractivity contribution >= 4 is 5.57 Å². The zero-order valence-electron chi connectivity index (χ0n) is 18.9. The van der Waals surface area contributed by atoms with Gasteiger partial charge >= 0.3 is 0 Å². The predicted octanol–water partition coefficient (Wildman–Crippen LogP) is 8.13. The molecule has 0 aliphatic heterocycles. The van der Waals surface area contributed by atoms with E-state index in [9.17, 15) is 0 Å². The SMILES string of the molecule is C=CCC(CCC)c1ccc(/C(C=C)=C/C=C(\C)NC)cc1C(C)CCCC. The van der Waals surface area contributed by atoms with Crippen LogP contribution in [0.2, 0.25) is 0 Å². The molecule has 0 saturated heterocycles. The number of allylic oxidation sites excluding steroid dienone is 6. The van der Waals surface area contributed by atoms with Gasteiger partial charge in [0.25, 0.3) is 0 Å². The fourth-order valence-electron chi connectivity index (χ4n) is 3.75. The van der Waals surface area contributed by atoms with Gasteiger partial charge in [-0.3, -0.25) is 0 Å². The molecule has 0 aromatic heterocycles. The Kier molecular flexibility index (Phi) is 11.3. The average Bonchev–Trinajstić information content (AvgIpc) is 2.71. The minimum Gasteiger partial charge on any atom is -0.392 e. The van der Waals surface area contributed by atoms with Crippen LogP contribution in [0.1, 0.15) is 94.7 Å². The van der Waals surface area contributed by atoms with Crippen molar-refractivity contribution in [1.29, 1.82) is 0 Å². The number of hydrogen-bond donors (Lipinski definition) is 1. The molecule has 0 fully saturated rings. The maximum Gasteiger partial charge on any atom is 0.00726 e. The molecule has 1 heteroatoms. The third kappa shape index (κ3) is 7.19. The molecule has 0 aliphatic rings. The lowest BCUT2D eigenvalue weighted by Gasteiger charge is -2.24. The molecule has 1 aromatic carbocycles. The first-order chi connectivity index (χ1) is 13.5. The Labute approximate surface area is 174 Å². The van der Waals surface area contributed by atoms with Crippen LogP contribution >= 0.6 is 0 Å². The van der Waals surface area contributed by atoms with Crippen molar-refractivity contribution in [2.45, 2.75) is 78.1 Å². The monoisotopic (exact) mass is 379 g/mol. The number of nitrogens with one attached hydrogen (secondary N) is 1. The maximum absolute atomic E-state index is 4.05. The smallest absolute Gasteiger partial charge is 0.00726 e. The third-order valence-corrected chi connectivity index (χ3v) is 5.60. The third-order valence-electron chi connectivity index (χ3n) is 5.60. The van der Waals surface area contributed by atoms with Gasteiger partial charge in [-0.15, -0.1) is 6.58 Å². The van der Waals surface area contributed by atoms with Crippen molar-refractivity contribution in [3.8, 4) is 0 Å². The minimum atomic E-state index is 0.568. The normalized spacial score (nSPS) is 14.5. The van der Waals surface area contributed by atoms with Gasteiger partial charge in [0, 0.05) is 12.7 Å². The molecule has 1 N–H and O–H groups in total. The molecule has 2 unspecified atom stereocenters. The van der Waals surface area contributed by atoms with Crippen molar-refractivity contribution in [3.63, 3.8) is 0 Å². The van der Waals surface area contributed by atoms with Crippen LogP contribution in [0.3, 0.4) is 0 Å². The first-order valence-electron chi connectivity index (χ1n) is 11.0. The van der Waals surface area contributed by atoms with Crippen LogP contribution in [-0.2, 0) is 0 Å². The molecular weight excluding hydrogens is 338 g/mol. The molecule has 28 heavy (non-hydrogen) atoms. The summed E-state index contributed by atoms with van der Waals surface area (Å²) in [4.78, 5) is 0. The van der Waals surface area contributed by atoms with Crippen LogP contribution in [-0.4, -0.2) is 7.05 Å². The number of hydrogen-bond acceptors (Lipinski definition) is 1. The Morgan fingerprint density at radius 2 is 1.82 bits per heavy atom. The predicted molar refractivity (Wildman–Crippen MR) is 128 cm³/mol. The number of benzene rings is 1. The van der Waals surface area contributed by atoms with E-state index in [1.165, 1.54) is 54.4 Å². The van der Waals surface area contributed by atoms with E-state index >= 15 is 0 Å². The van der Waals surface area contributed by atoms with Crippen LogP contribution in [0.25, 0.3) is 5.57 Å². The van der Waals surface area contributed by atoms with Crippen molar-refractivity contribution in [1.82, 2.24) is 5.32 Å². The molecule has 0 saturated carbocycles. The Hall–Kier alpha value is -2.02. The van der Waals surface area contributed by atoms with Crippen molar-refractivity contribution in [3.05, 3.63) is 78.0 Å². The molecule has 0 radical (unpaired) electrons. The van der Waals surface area contributed by atoms with Crippen LogP contribution in [0, 0.1) is 0 Å². The summed E-state index contributed by atoms with van der Waals surface area (Å²) in [5, 5.41) is 3.17. The van der Waals surface area contributed by atoms with E-state index in [1.54, 1.807) is 0 Å². The highest BCUT2D eigenvalue weighted by molar-refractivity contribution is 5.75. The lowest BCUT2D eigenvalue weighted by Crippen LogP contribution is -2.06. The molecular formula is C27H41N. The first-order valence-corrected chi connectivity index (χ1v) is 11.0. The maximum atomic E-state index is 4.05. The fourth-order valence-corrected chi connectivity index (χ4v) is 3.75. The summed E-state index contributed by atoms with van der Waals surface area (Å²) in [6.45, 7) is 17.1. The Bertz CT molecular complexity index is 678. The molecule has 0 heterocycles. The summed E-state index contributed by atoms with van der Waals surface area (Å²) in [6, 6.07) is 7.05. The number of rotatable bonds is 13. The highest BCUT2D eigenvalue weighted by Crippen LogP contribution is 2.36. The molecule has 2 atom stereocenters. The van der Waals surface area contributed by atoms with E-state index in [4.69, 9.17) is 0 Å². The first kappa shape index (κ1) is 24.0. The van der Waals surface area contributed by atoms with Crippen molar-refractivity contribution in [2.75, 3.05) is 7.05 Å². The molecule has 1 rings (SSSR count). The summed E-state index contributed by atoms with van der Waals surface area (Å²) in [5.41, 5.74) is 6.58. The fraction of sp³-hybridized carbons (Fsp3) is 0.481. The molecule has 0 amide bonds. The average molecular weight is 380 g/mol. The molecule has 0 aliphatic carbocycles. The molecule has 1 aromatic rings. The van der Waals surface area contributed by atoms with Crippen molar-refractivity contribution in [2.24, 2.45) is 0 Å². The lowest BCUT2D eigenvalue weighted by atomic mass is 9.81. The Morgan fingerprint density at radius 1 is 1.07 bits per heavy atom. The lowest BCUT2D eigenvalue weighted by molar-refractivity contribution is 0.583. The van der Waals surface area contributed by atoms with Crippen LogP contribution in [0.4, 0.5) is 0 Å². The van der Waals surface area contributed by atoms with Gasteiger partial charge in [-0.2, -0.15) is 0 Å². The van der Waals surface area contributed by atoms with Crippen LogP contribution in [0.15, 0.2) is 61.4 Å². The summed E-state index contributed by atoms with van der Waals surface area (Å²) in [6.07, 6.45) is 15.5. The topological polar surface area (TPSA) is 12.0 Å². The van der Waals surface area contributed by atoms with E-state index in [0.717, 1.165) is 12.1 Å². The van der Waals surface area contributed by atoms with Gasteiger partial charge < -0.3 is 5.32 Å². The van der Waals surface area contributed by atoms with E-state index in [-0.39, 0.29) is 0 Å². The van der Waals surface area contributed by atoms with Crippen molar-refractivity contribution < 1.29 is 0 Å². The molecule has 0 spiro atoms. The zero-order valence-corrected chi connectivity index (χ0v) is 18.9. The van der Waals surface area contributed by atoms with Gasteiger partial charge in [-0.05, 0) is 66.4 Å². The molecule has 0 bridgehead atoms. The summed E-state index contributed by atoms with van der Waals surface area (Å²) < 4.78 is 0. The second kappa shape index (κ2) is 13.2. The Balaban J connectivity index is 3.43. The highest BCUT2D eigenvalue weighted by Gasteiger charge is 2.18. The Morgan fingerprint density at radius 3 is 2.39 bits per heavy atom. The van der Waals surface area contributed by atoms with E-state index in [0.29, 0.717) is 11.8 Å². The van der Waals surface area contributed by atoms with Gasteiger partial charge in [-0.1, -0.05) is 83.0 Å². The van der Waals surface area contributed by atoms with Gasteiger partial charge in [0.1, 0.15) is 0 Å². The van der Waals surface area contributed by atoms with Crippen LogP contribution in [0.5, 0.6) is 0 Å². The van der Waals surface area contributed by atoms with Gasteiger partial charge in [-0.25, -0.2) is 0 Å². The van der Waals surface area contributed by atoms with E-state index in [1.807, 2.05) is 13.1 Å². The summed E-state index contributed by atoms with van der Waals surface area (Å²) >= 11 is 0. The van der Waals surface area contributed by atoms with E-state index in [2.05, 4.69) is 82.6 Å². The quantitative estimate of drug-likeness (QED) is 0.269. The molecule has 154 valence electrons. The highest BCUT2D eigenvalue weighted by atomic mass is 14.8. The summed E-state index contributed by atoms with van der Waals surface area (Å²) in [7, 11) is 1.95. The molecule has 1 nitrogen and oxygen atoms in total. The summed E-state index contributed by atoms with van der Waals surface area (Å²) in [5.74, 6) is 1.14. The zero-order chi connectivity index (χ0) is 20.9. The second-order valence-electron chi connectivity index (χ2n) is 7.82. The van der Waals surface area contributed by atoms with Crippen LogP contribution < -0.4 is 5.32 Å². The van der Waals surface area contributed by atoms with E-state index < -0.39 is 0 Å². The van der Waals surface area contributed by atoms with Gasteiger partial charge in [0.2, 0.25) is 0 Å². The van der Waals surface area contributed by atoms with Gasteiger partial charge in [0.05, 0.1) is 0 Å².